The predicted molar refractivity (Wildman–Crippen MR) is 94.5 cm³/mol. The van der Waals surface area contributed by atoms with Gasteiger partial charge in [0.25, 0.3) is 0 Å². The third-order valence-corrected chi connectivity index (χ3v) is 5.78. The lowest BCUT2D eigenvalue weighted by Crippen LogP contribution is -2.76. The minimum absolute atomic E-state index is 0.101. The van der Waals surface area contributed by atoms with E-state index in [1.165, 1.54) is 0 Å². The van der Waals surface area contributed by atoms with Crippen LogP contribution in [0.1, 0.15) is 26.3 Å². The summed E-state index contributed by atoms with van der Waals surface area (Å²) in [5, 5.41) is 4.31. The van der Waals surface area contributed by atoms with Crippen LogP contribution < -0.4 is 15.5 Å². The Morgan fingerprint density at radius 3 is 2.43 bits per heavy atom. The number of carbonyl (C=O) groups is 3. The number of rotatable bonds is 1. The summed E-state index contributed by atoms with van der Waals surface area (Å²) >= 11 is 0. The summed E-state index contributed by atoms with van der Waals surface area (Å²) in [5.74, 6) is -3.21. The second-order valence-corrected chi connectivity index (χ2v) is 8.03. The number of carbonyl (C=O) groups excluding carboxylic acids is 3. The third kappa shape index (κ3) is 2.52. The quantitative estimate of drug-likeness (QED) is 0.706. The summed E-state index contributed by atoms with van der Waals surface area (Å²) in [6, 6.07) is 0.180. The smallest absolute Gasteiger partial charge is 0.328 e. The zero-order chi connectivity index (χ0) is 20.4. The molecule has 7 nitrogen and oxygen atoms in total. The number of anilines is 1. The van der Waals surface area contributed by atoms with Crippen molar-refractivity contribution in [1.29, 1.82) is 0 Å². The van der Waals surface area contributed by atoms with Gasteiger partial charge in [-0.05, 0) is 24.5 Å². The molecule has 4 rings (SSSR count). The second-order valence-electron chi connectivity index (χ2n) is 8.03. The van der Waals surface area contributed by atoms with Crippen LogP contribution in [0.3, 0.4) is 0 Å². The van der Waals surface area contributed by atoms with Gasteiger partial charge in [-0.25, -0.2) is 13.6 Å². The highest BCUT2D eigenvalue weighted by Gasteiger charge is 2.64. The van der Waals surface area contributed by atoms with Crippen molar-refractivity contribution in [2.45, 2.75) is 45.4 Å². The van der Waals surface area contributed by atoms with Crippen LogP contribution in [-0.4, -0.2) is 42.6 Å². The van der Waals surface area contributed by atoms with Crippen LogP contribution in [0.5, 0.6) is 0 Å². The molecule has 2 N–H and O–H groups in total. The van der Waals surface area contributed by atoms with Gasteiger partial charge in [-0.15, -0.1) is 0 Å². The van der Waals surface area contributed by atoms with E-state index in [9.17, 15) is 23.2 Å². The van der Waals surface area contributed by atoms with Crippen LogP contribution in [0, 0.1) is 23.0 Å². The van der Waals surface area contributed by atoms with E-state index in [0.29, 0.717) is 0 Å². The molecule has 9 heteroatoms. The number of barbiturate groups is 1. The van der Waals surface area contributed by atoms with E-state index < -0.39 is 47.0 Å². The highest BCUT2D eigenvalue weighted by atomic mass is 19.1. The molecule has 4 amide bonds. The van der Waals surface area contributed by atoms with Crippen molar-refractivity contribution < 1.29 is 27.9 Å². The first-order valence-corrected chi connectivity index (χ1v) is 9.22. The second kappa shape index (κ2) is 6.23. The molecule has 2 saturated heterocycles. The highest BCUT2D eigenvalue weighted by Crippen LogP contribution is 2.48. The van der Waals surface area contributed by atoms with E-state index in [-0.39, 0.29) is 36.2 Å². The van der Waals surface area contributed by atoms with Crippen molar-refractivity contribution in [2.75, 3.05) is 11.4 Å². The Morgan fingerprint density at radius 2 is 1.82 bits per heavy atom. The monoisotopic (exact) mass is 393 g/mol. The third-order valence-electron chi connectivity index (χ3n) is 5.78. The Bertz CT molecular complexity index is 868. The first-order chi connectivity index (χ1) is 13.1. The van der Waals surface area contributed by atoms with Crippen LogP contribution in [0.25, 0.3) is 0 Å². The Morgan fingerprint density at radius 1 is 1.18 bits per heavy atom. The Labute approximate surface area is 160 Å². The van der Waals surface area contributed by atoms with Crippen LogP contribution in [0.4, 0.5) is 19.3 Å². The number of nitrogens with one attached hydrogen (secondary N) is 2. The maximum absolute atomic E-state index is 14.8. The molecule has 3 aliphatic rings. The van der Waals surface area contributed by atoms with Crippen LogP contribution >= 0.6 is 0 Å². The molecule has 3 heterocycles. The fourth-order valence-electron chi connectivity index (χ4n) is 4.73. The van der Waals surface area contributed by atoms with Gasteiger partial charge in [0.15, 0.2) is 5.41 Å². The Kier molecular flexibility index (Phi) is 4.18. The van der Waals surface area contributed by atoms with Gasteiger partial charge in [0, 0.05) is 19.0 Å². The minimum Gasteiger partial charge on any atom is -0.371 e. The lowest BCUT2D eigenvalue weighted by atomic mass is 9.65. The van der Waals surface area contributed by atoms with Crippen molar-refractivity contribution in [2.24, 2.45) is 11.3 Å². The topological polar surface area (TPSA) is 87.7 Å². The Balaban J connectivity index is 1.97. The summed E-state index contributed by atoms with van der Waals surface area (Å²) in [6.07, 6.45) is -1.11. The average molecular weight is 393 g/mol. The molecule has 3 aliphatic heterocycles. The average Bonchev–Trinajstić information content (AvgIpc) is 2.57. The van der Waals surface area contributed by atoms with Crippen molar-refractivity contribution in [3.8, 4) is 0 Å². The highest BCUT2D eigenvalue weighted by molar-refractivity contribution is 6.20. The fourth-order valence-corrected chi connectivity index (χ4v) is 4.73. The van der Waals surface area contributed by atoms with Crippen molar-refractivity contribution in [3.63, 3.8) is 0 Å². The van der Waals surface area contributed by atoms with E-state index in [2.05, 4.69) is 10.6 Å². The molecule has 0 aromatic heterocycles. The van der Waals surface area contributed by atoms with E-state index in [0.717, 1.165) is 12.1 Å². The lowest BCUT2D eigenvalue weighted by molar-refractivity contribution is -0.156. The standard InChI is InChI=1S/C19H21F2N3O4/c1-8(2)14-15-19(16(25)22-18(27)23-17(19)26)6-10-4-11(20)5-12(21)13(10)24(15)7-9(3)28-14/h4-5,8-9,14-15H,6-7H2,1-3H3,(H2,22,23,25,26,27)/t9-,14+,15?/m1/s1. The number of benzene rings is 1. The zero-order valence-electron chi connectivity index (χ0n) is 15.7. The summed E-state index contributed by atoms with van der Waals surface area (Å²) < 4.78 is 34.8. The lowest BCUT2D eigenvalue weighted by Gasteiger charge is -2.56. The molecule has 1 unspecified atom stereocenters. The minimum atomic E-state index is -1.74. The number of urea groups is 1. The van der Waals surface area contributed by atoms with Crippen molar-refractivity contribution in [1.82, 2.24) is 10.6 Å². The predicted octanol–water partition coefficient (Wildman–Crippen LogP) is 1.49. The van der Waals surface area contributed by atoms with E-state index in [1.807, 2.05) is 20.8 Å². The van der Waals surface area contributed by atoms with Gasteiger partial charge in [0.05, 0.1) is 23.9 Å². The Hall–Kier alpha value is -2.55. The number of nitrogens with zero attached hydrogens (tertiary/aromatic N) is 1. The number of fused-ring (bicyclic) bond motifs is 4. The molecule has 1 spiro atoms. The molecule has 0 aliphatic carbocycles. The van der Waals surface area contributed by atoms with E-state index >= 15 is 0 Å². The summed E-state index contributed by atoms with van der Waals surface area (Å²) in [5.41, 5.74) is -1.35. The van der Waals surface area contributed by atoms with Crippen molar-refractivity contribution >= 4 is 23.5 Å². The molecule has 0 saturated carbocycles. The summed E-state index contributed by atoms with van der Waals surface area (Å²) in [4.78, 5) is 39.3. The number of ether oxygens (including phenoxy) is 1. The molecule has 2 fully saturated rings. The molecular formula is C19H21F2N3O4. The first-order valence-electron chi connectivity index (χ1n) is 9.22. The molecule has 0 radical (unpaired) electrons. The SMILES string of the molecule is CC(C)[C@@H]1O[C@H](C)CN2c3c(F)cc(F)cc3CC3(C(=O)NC(=O)NC3=O)C12. The number of hydrogen-bond donors (Lipinski definition) is 2. The number of imide groups is 2. The fraction of sp³-hybridized carbons (Fsp3) is 0.526. The molecule has 1 aromatic rings. The maximum Gasteiger partial charge on any atom is 0.328 e. The molecular weight excluding hydrogens is 372 g/mol. The van der Waals surface area contributed by atoms with Crippen LogP contribution in [0.15, 0.2) is 12.1 Å². The van der Waals surface area contributed by atoms with Gasteiger partial charge in [0.1, 0.15) is 11.6 Å². The van der Waals surface area contributed by atoms with Gasteiger partial charge in [-0.1, -0.05) is 13.8 Å². The van der Waals surface area contributed by atoms with Gasteiger partial charge in [0.2, 0.25) is 11.8 Å². The maximum atomic E-state index is 14.8. The molecule has 150 valence electrons. The molecule has 1 aromatic carbocycles. The largest absolute Gasteiger partial charge is 0.371 e. The normalized spacial score (nSPS) is 28.7. The molecule has 0 bridgehead atoms. The number of amides is 4. The van der Waals surface area contributed by atoms with Gasteiger partial charge >= 0.3 is 6.03 Å². The number of morpholine rings is 1. The van der Waals surface area contributed by atoms with Gasteiger partial charge < -0.3 is 9.64 Å². The number of hydrogen-bond acceptors (Lipinski definition) is 5. The first kappa shape index (κ1) is 18.8. The molecule has 28 heavy (non-hydrogen) atoms. The zero-order valence-corrected chi connectivity index (χ0v) is 15.7. The van der Waals surface area contributed by atoms with Gasteiger partial charge in [-0.3, -0.25) is 20.2 Å². The van der Waals surface area contributed by atoms with Crippen molar-refractivity contribution in [3.05, 3.63) is 29.3 Å². The van der Waals surface area contributed by atoms with Crippen LogP contribution in [0.2, 0.25) is 0 Å². The molecule has 3 atom stereocenters. The van der Waals surface area contributed by atoms with E-state index in [4.69, 9.17) is 4.74 Å². The van der Waals surface area contributed by atoms with Gasteiger partial charge in [-0.2, -0.15) is 0 Å². The van der Waals surface area contributed by atoms with E-state index in [1.54, 1.807) is 4.90 Å². The summed E-state index contributed by atoms with van der Waals surface area (Å²) in [6.45, 7) is 5.81. The van der Waals surface area contributed by atoms with Crippen LogP contribution in [-0.2, 0) is 20.7 Å². The number of halogens is 2. The summed E-state index contributed by atoms with van der Waals surface area (Å²) in [7, 11) is 0.